The summed E-state index contributed by atoms with van der Waals surface area (Å²) >= 11 is 0. The first kappa shape index (κ1) is 39.6. The minimum absolute atomic E-state index is 0.0461. The summed E-state index contributed by atoms with van der Waals surface area (Å²) in [6.45, 7) is 9.40. The molecule has 0 spiro atoms. The third-order valence-corrected chi connectivity index (χ3v) is 11.9. The fraction of sp³-hybridized carbons (Fsp3) is 0.533. The number of likely N-dealkylation sites (N-methyl/N-ethyl adjacent to an activating group) is 1. The van der Waals surface area contributed by atoms with Crippen LogP contribution in [-0.2, 0) is 19.5 Å². The Labute approximate surface area is 332 Å². The number of aryl methyl sites for hydroxylation is 1. The minimum atomic E-state index is -0.287. The summed E-state index contributed by atoms with van der Waals surface area (Å²) in [6.07, 6.45) is 20.5. The molecule has 1 atom stereocenters. The number of imidazole rings is 1. The smallest absolute Gasteiger partial charge is 0.199 e. The van der Waals surface area contributed by atoms with E-state index in [0.717, 1.165) is 108 Å². The molecule has 56 heavy (non-hydrogen) atoms. The van der Waals surface area contributed by atoms with Gasteiger partial charge in [0.15, 0.2) is 11.6 Å². The molecule has 5 aromatic rings. The number of unbranched alkanes of at least 4 members (excludes halogenated alkanes) is 11. The number of aromatic nitrogens is 6. The van der Waals surface area contributed by atoms with Crippen LogP contribution < -0.4 is 4.90 Å². The number of anilines is 1. The van der Waals surface area contributed by atoms with Crippen molar-refractivity contribution in [3.8, 4) is 28.4 Å². The molecule has 5 heterocycles. The Morgan fingerprint density at radius 1 is 0.839 bits per heavy atom. The molecular weight excluding hydrogens is 699 g/mol. The summed E-state index contributed by atoms with van der Waals surface area (Å²) in [4.78, 5) is 39.1. The molecule has 7 rings (SSSR count). The maximum atomic E-state index is 14.2. The number of nitrogens with zero attached hydrogens (tertiary/aromatic N) is 7. The number of rotatable bonds is 20. The van der Waals surface area contributed by atoms with Crippen LogP contribution >= 0.6 is 0 Å². The zero-order chi connectivity index (χ0) is 38.9. The number of fused-ring (bicyclic) bond motifs is 2. The molecule has 11 heteroatoms. The van der Waals surface area contributed by atoms with E-state index >= 15 is 0 Å². The molecule has 0 saturated carbocycles. The predicted molar refractivity (Wildman–Crippen MR) is 225 cm³/mol. The number of H-pyrrole nitrogens is 2. The van der Waals surface area contributed by atoms with Crippen molar-refractivity contribution in [3.05, 3.63) is 71.4 Å². The van der Waals surface area contributed by atoms with Crippen molar-refractivity contribution in [3.63, 3.8) is 0 Å². The highest BCUT2D eigenvalue weighted by atomic mass is 16.3. The molecule has 3 aromatic heterocycles. The van der Waals surface area contributed by atoms with Gasteiger partial charge in [0.2, 0.25) is 0 Å². The maximum absolute atomic E-state index is 14.2. The first-order chi connectivity index (χ1) is 27.4. The number of hydrogen-bond donors (Lipinski definition) is 3. The quantitative estimate of drug-likeness (QED) is 0.0526. The van der Waals surface area contributed by atoms with Gasteiger partial charge >= 0.3 is 0 Å². The van der Waals surface area contributed by atoms with Crippen LogP contribution in [0.25, 0.3) is 33.5 Å². The highest BCUT2D eigenvalue weighted by Gasteiger charge is 2.34. The highest BCUT2D eigenvalue weighted by Crippen LogP contribution is 2.34. The number of ketones is 1. The van der Waals surface area contributed by atoms with E-state index in [1.807, 2.05) is 12.1 Å². The second-order valence-corrected chi connectivity index (χ2v) is 16.1. The van der Waals surface area contributed by atoms with E-state index in [4.69, 9.17) is 9.97 Å². The Bertz CT molecular complexity index is 2010. The monoisotopic (exact) mass is 759 g/mol. The molecule has 3 N–H and O–H groups in total. The summed E-state index contributed by atoms with van der Waals surface area (Å²) in [5.41, 5.74) is 7.43. The van der Waals surface area contributed by atoms with Crippen LogP contribution in [0.15, 0.2) is 48.8 Å². The van der Waals surface area contributed by atoms with Gasteiger partial charge in [-0.1, -0.05) is 103 Å². The van der Waals surface area contributed by atoms with Crippen LogP contribution in [0.2, 0.25) is 0 Å². The van der Waals surface area contributed by atoms with Crippen LogP contribution in [0.1, 0.15) is 125 Å². The lowest BCUT2D eigenvalue weighted by molar-refractivity contribution is 0.0787. The van der Waals surface area contributed by atoms with Crippen molar-refractivity contribution in [1.29, 1.82) is 0 Å². The number of carbonyl (C=O) groups excluding carboxylic acids is 1. The lowest BCUT2D eigenvalue weighted by Crippen LogP contribution is -2.45. The van der Waals surface area contributed by atoms with Gasteiger partial charge in [0.05, 0.1) is 35.3 Å². The first-order valence-corrected chi connectivity index (χ1v) is 21.3. The van der Waals surface area contributed by atoms with Crippen LogP contribution in [-0.4, -0.2) is 90.1 Å². The lowest BCUT2D eigenvalue weighted by atomic mass is 9.97. The molecule has 298 valence electrons. The largest absolute Gasteiger partial charge is 0.508 e. The second-order valence-electron chi connectivity index (χ2n) is 16.1. The number of nitrogens with one attached hydrogen (secondary N) is 2. The molecule has 1 unspecified atom stereocenters. The maximum Gasteiger partial charge on any atom is 0.199 e. The average Bonchev–Trinajstić information content (AvgIpc) is 3.93. The topological polar surface area (TPSA) is 130 Å². The molecule has 1 fully saturated rings. The molecule has 2 aliphatic rings. The Morgan fingerprint density at radius 2 is 1.57 bits per heavy atom. The molecule has 0 radical (unpaired) electrons. The number of aromatic amines is 2. The Hall–Kier alpha value is -4.61. The van der Waals surface area contributed by atoms with E-state index in [1.54, 1.807) is 18.5 Å². The number of piperazine rings is 1. The van der Waals surface area contributed by atoms with E-state index in [1.165, 1.54) is 64.2 Å². The molecule has 2 aromatic carbocycles. The van der Waals surface area contributed by atoms with Gasteiger partial charge in [-0.05, 0) is 60.8 Å². The number of aromatic hydroxyl groups is 1. The average molecular weight is 760 g/mol. The third-order valence-electron chi connectivity index (χ3n) is 11.9. The number of hydrogen-bond acceptors (Lipinski definition) is 9. The molecule has 11 nitrogen and oxygen atoms in total. The van der Waals surface area contributed by atoms with Gasteiger partial charge in [-0.15, -0.1) is 0 Å². The van der Waals surface area contributed by atoms with Gasteiger partial charge in [0, 0.05) is 44.7 Å². The van der Waals surface area contributed by atoms with Crippen molar-refractivity contribution in [2.45, 2.75) is 123 Å². The van der Waals surface area contributed by atoms with Gasteiger partial charge in [-0.2, -0.15) is 5.10 Å². The Morgan fingerprint density at radius 3 is 2.25 bits per heavy atom. The summed E-state index contributed by atoms with van der Waals surface area (Å²) in [6, 6.07) is 11.6. The van der Waals surface area contributed by atoms with E-state index in [0.29, 0.717) is 18.8 Å². The Balaban J connectivity index is 1.00. The molecular formula is C45H61N9O2. The second kappa shape index (κ2) is 19.0. The van der Waals surface area contributed by atoms with Gasteiger partial charge < -0.3 is 19.9 Å². The van der Waals surface area contributed by atoms with Crippen LogP contribution in [0.3, 0.4) is 0 Å². The fourth-order valence-electron chi connectivity index (χ4n) is 8.49. The molecule has 0 aliphatic carbocycles. The van der Waals surface area contributed by atoms with Gasteiger partial charge in [0.25, 0.3) is 0 Å². The van der Waals surface area contributed by atoms with Gasteiger partial charge in [-0.3, -0.25) is 14.8 Å². The van der Waals surface area contributed by atoms with Crippen molar-refractivity contribution in [2.24, 2.45) is 0 Å². The number of phenols is 1. The first-order valence-electron chi connectivity index (χ1n) is 21.3. The van der Waals surface area contributed by atoms with E-state index in [-0.39, 0.29) is 17.6 Å². The number of carbonyl (C=O) groups is 1. The molecule has 1 saturated heterocycles. The van der Waals surface area contributed by atoms with Crippen LogP contribution in [0.4, 0.5) is 5.82 Å². The lowest BCUT2D eigenvalue weighted by Gasteiger charge is -2.33. The molecule has 0 amide bonds. The number of benzene rings is 2. The van der Waals surface area contributed by atoms with Gasteiger partial charge in [-0.25, -0.2) is 15.0 Å². The highest BCUT2D eigenvalue weighted by molar-refractivity contribution is 5.98. The third kappa shape index (κ3) is 9.49. The molecule has 2 aliphatic heterocycles. The van der Waals surface area contributed by atoms with E-state index in [9.17, 15) is 9.90 Å². The zero-order valence-corrected chi connectivity index (χ0v) is 33.8. The standard InChI is InChI=1S/C45H61N9O2/c1-4-6-7-8-9-10-11-12-13-14-15-16-17-41(44(56)38-28-47-42(29-46-38)53-24-22-52(3)23-25-53)54-30-39-40(31-54)49-45(48-39)43-36-20-18-33(27-37(36)50-51-43)35-21-19-34(55)26-32(35)5-2/h18-21,26-29,41,55H,4-17,22-25,30-31H2,1-3H3,(H,48,49)(H,50,51). The summed E-state index contributed by atoms with van der Waals surface area (Å²) < 4.78 is 0. The zero-order valence-electron chi connectivity index (χ0n) is 33.8. The normalized spacial score (nSPS) is 15.5. The minimum Gasteiger partial charge on any atom is -0.508 e. The fourth-order valence-corrected chi connectivity index (χ4v) is 8.49. The van der Waals surface area contributed by atoms with Crippen LogP contribution in [0, 0.1) is 0 Å². The predicted octanol–water partition coefficient (Wildman–Crippen LogP) is 9.09. The number of phenolic OH excluding ortho intramolecular Hbond substituents is 1. The van der Waals surface area contributed by atoms with Crippen LogP contribution in [0.5, 0.6) is 5.75 Å². The summed E-state index contributed by atoms with van der Waals surface area (Å²) in [5, 5.41) is 18.9. The van der Waals surface area contributed by atoms with E-state index in [2.05, 4.69) is 74.0 Å². The SMILES string of the molecule is CCCCCCCCCCCCCCC(C(=O)c1cnc(N2CCN(C)CC2)cn1)N1Cc2nc(-c3n[nH]c4cc(-c5ccc(O)cc5CC)ccc34)[nH]c2C1. The van der Waals surface area contributed by atoms with Crippen molar-refractivity contribution in [1.82, 2.24) is 39.9 Å². The van der Waals surface area contributed by atoms with Crippen molar-refractivity contribution in [2.75, 3.05) is 38.1 Å². The Kier molecular flexibility index (Phi) is 13.5. The van der Waals surface area contributed by atoms with Gasteiger partial charge in [0.1, 0.15) is 23.0 Å². The summed E-state index contributed by atoms with van der Waals surface area (Å²) in [5.74, 6) is 1.91. The number of Topliss-reactive ketones (excluding diaryl/α,β-unsaturated/α-hetero) is 1. The summed E-state index contributed by atoms with van der Waals surface area (Å²) in [7, 11) is 2.14. The van der Waals surface area contributed by atoms with Crippen molar-refractivity contribution >= 4 is 22.5 Å². The van der Waals surface area contributed by atoms with E-state index < -0.39 is 0 Å². The van der Waals surface area contributed by atoms with Crippen molar-refractivity contribution < 1.29 is 9.90 Å². The molecule has 0 bridgehead atoms.